The Balaban J connectivity index is 1.61. The van der Waals surface area contributed by atoms with Crippen molar-refractivity contribution in [1.82, 2.24) is 14.7 Å². The molecule has 1 aromatic carbocycles. The van der Waals surface area contributed by atoms with Crippen LogP contribution in [0.3, 0.4) is 0 Å². The summed E-state index contributed by atoms with van der Waals surface area (Å²) in [5.41, 5.74) is 2.96. The molecule has 0 unspecified atom stereocenters. The third-order valence-electron chi connectivity index (χ3n) is 4.44. The number of carbonyl (C=O) groups is 1. The molecule has 1 fully saturated rings. The first-order valence-corrected chi connectivity index (χ1v) is 8.92. The summed E-state index contributed by atoms with van der Waals surface area (Å²) in [5, 5.41) is 4.76. The lowest BCUT2D eigenvalue weighted by molar-refractivity contribution is 0.0204. The number of rotatable bonds is 2. The lowest BCUT2D eigenvalue weighted by atomic mass is 9.94. The van der Waals surface area contributed by atoms with Gasteiger partial charge in [0.1, 0.15) is 5.60 Å². The molecular weight excluding hydrogens is 314 g/mol. The molecule has 25 heavy (non-hydrogen) atoms. The Bertz CT molecular complexity index is 737. The first-order chi connectivity index (χ1) is 11.8. The molecule has 2 aromatic rings. The molecule has 1 aliphatic rings. The van der Waals surface area contributed by atoms with E-state index in [9.17, 15) is 4.79 Å². The molecule has 1 amide bonds. The number of ether oxygens (including phenoxy) is 1. The van der Waals surface area contributed by atoms with Crippen LogP contribution in [-0.4, -0.2) is 39.5 Å². The van der Waals surface area contributed by atoms with Crippen molar-refractivity contribution >= 4 is 6.09 Å². The average Bonchev–Trinajstić information content (AvgIpc) is 3.03. The molecule has 0 N–H and O–H groups in total. The van der Waals surface area contributed by atoms with Crippen LogP contribution >= 0.6 is 0 Å². The van der Waals surface area contributed by atoms with E-state index in [0.717, 1.165) is 37.3 Å². The Morgan fingerprint density at radius 2 is 1.92 bits per heavy atom. The summed E-state index contributed by atoms with van der Waals surface area (Å²) in [6, 6.07) is 10.4. The highest BCUT2D eigenvalue weighted by atomic mass is 16.6. The minimum absolute atomic E-state index is 0.212. The second-order valence-electron chi connectivity index (χ2n) is 7.77. The van der Waals surface area contributed by atoms with E-state index < -0.39 is 5.60 Å². The number of aryl methyl sites for hydroxylation is 1. The quantitative estimate of drug-likeness (QED) is 0.818. The number of aromatic nitrogens is 2. The maximum atomic E-state index is 12.2. The van der Waals surface area contributed by atoms with Crippen molar-refractivity contribution in [2.24, 2.45) is 0 Å². The normalized spacial score (nSPS) is 16.1. The standard InChI is InChI=1S/C20H27N3O2/c1-15-6-5-7-17(14-15)23-13-10-18(21-23)16-8-11-22(12-9-16)19(24)25-20(2,3)4/h5-7,10,13-14,16H,8-9,11-12H2,1-4H3. The summed E-state index contributed by atoms with van der Waals surface area (Å²) >= 11 is 0. The van der Waals surface area contributed by atoms with Gasteiger partial charge in [-0.15, -0.1) is 0 Å². The molecule has 0 bridgehead atoms. The number of nitrogens with zero attached hydrogens (tertiary/aromatic N) is 3. The molecule has 5 nitrogen and oxygen atoms in total. The molecule has 0 aliphatic carbocycles. The van der Waals surface area contributed by atoms with Crippen molar-refractivity contribution in [2.75, 3.05) is 13.1 Å². The van der Waals surface area contributed by atoms with Crippen LogP contribution in [0.1, 0.15) is 50.8 Å². The molecule has 2 heterocycles. The van der Waals surface area contributed by atoms with Gasteiger partial charge in [0.2, 0.25) is 0 Å². The number of piperidine rings is 1. The van der Waals surface area contributed by atoms with E-state index in [2.05, 4.69) is 31.2 Å². The molecule has 0 saturated carbocycles. The van der Waals surface area contributed by atoms with Crippen LogP contribution in [0.15, 0.2) is 36.5 Å². The average molecular weight is 341 g/mol. The van der Waals surface area contributed by atoms with Crippen LogP contribution in [0.5, 0.6) is 0 Å². The fourth-order valence-electron chi connectivity index (χ4n) is 3.15. The SMILES string of the molecule is Cc1cccc(-n2ccc(C3CCN(C(=O)OC(C)(C)C)CC3)n2)c1. The maximum Gasteiger partial charge on any atom is 0.410 e. The molecule has 5 heteroatoms. The van der Waals surface area contributed by atoms with Gasteiger partial charge in [-0.05, 0) is 64.3 Å². The lowest BCUT2D eigenvalue weighted by Gasteiger charge is -2.32. The fourth-order valence-corrected chi connectivity index (χ4v) is 3.15. The minimum atomic E-state index is -0.444. The highest BCUT2D eigenvalue weighted by molar-refractivity contribution is 5.68. The summed E-state index contributed by atoms with van der Waals surface area (Å²) in [6.07, 6.45) is 3.65. The molecule has 1 aromatic heterocycles. The largest absolute Gasteiger partial charge is 0.444 e. The van der Waals surface area contributed by atoms with Gasteiger partial charge in [0.25, 0.3) is 0 Å². The summed E-state index contributed by atoms with van der Waals surface area (Å²) < 4.78 is 7.39. The Morgan fingerprint density at radius 1 is 1.20 bits per heavy atom. The van der Waals surface area contributed by atoms with Crippen molar-refractivity contribution < 1.29 is 9.53 Å². The van der Waals surface area contributed by atoms with Crippen LogP contribution in [0.25, 0.3) is 5.69 Å². The van der Waals surface area contributed by atoms with E-state index in [-0.39, 0.29) is 6.09 Å². The highest BCUT2D eigenvalue weighted by Gasteiger charge is 2.28. The molecular formula is C20H27N3O2. The second-order valence-corrected chi connectivity index (χ2v) is 7.77. The molecule has 134 valence electrons. The van der Waals surface area contributed by atoms with Gasteiger partial charge in [-0.3, -0.25) is 0 Å². The third kappa shape index (κ3) is 4.41. The van der Waals surface area contributed by atoms with Gasteiger partial charge in [-0.2, -0.15) is 5.10 Å². The van der Waals surface area contributed by atoms with Gasteiger partial charge < -0.3 is 9.64 Å². The van der Waals surface area contributed by atoms with Crippen LogP contribution < -0.4 is 0 Å². The number of likely N-dealkylation sites (tertiary alicyclic amines) is 1. The van der Waals surface area contributed by atoms with Gasteiger partial charge in [-0.1, -0.05) is 12.1 Å². The molecule has 3 rings (SSSR count). The maximum absolute atomic E-state index is 12.2. The lowest BCUT2D eigenvalue weighted by Crippen LogP contribution is -2.41. The Kier molecular flexibility index (Phi) is 4.84. The summed E-state index contributed by atoms with van der Waals surface area (Å²) in [6.45, 7) is 9.22. The number of hydrogen-bond acceptors (Lipinski definition) is 3. The van der Waals surface area contributed by atoms with E-state index >= 15 is 0 Å². The summed E-state index contributed by atoms with van der Waals surface area (Å²) in [7, 11) is 0. The van der Waals surface area contributed by atoms with Crippen molar-refractivity contribution in [1.29, 1.82) is 0 Å². The first-order valence-electron chi connectivity index (χ1n) is 8.92. The van der Waals surface area contributed by atoms with Crippen molar-refractivity contribution in [3.8, 4) is 5.69 Å². The van der Waals surface area contributed by atoms with Crippen LogP contribution in [0.4, 0.5) is 4.79 Å². The monoisotopic (exact) mass is 341 g/mol. The van der Waals surface area contributed by atoms with Gasteiger partial charge >= 0.3 is 6.09 Å². The van der Waals surface area contributed by atoms with E-state index in [1.54, 1.807) is 4.90 Å². The molecule has 0 radical (unpaired) electrons. The van der Waals surface area contributed by atoms with Crippen LogP contribution in [-0.2, 0) is 4.74 Å². The van der Waals surface area contributed by atoms with Crippen molar-refractivity contribution in [3.05, 3.63) is 47.8 Å². The topological polar surface area (TPSA) is 47.4 Å². The number of hydrogen-bond donors (Lipinski definition) is 0. The van der Waals surface area contributed by atoms with Gasteiger partial charge in [-0.25, -0.2) is 9.48 Å². The summed E-state index contributed by atoms with van der Waals surface area (Å²) in [4.78, 5) is 14.0. The minimum Gasteiger partial charge on any atom is -0.444 e. The molecule has 1 aliphatic heterocycles. The highest BCUT2D eigenvalue weighted by Crippen LogP contribution is 2.28. The fraction of sp³-hybridized carbons (Fsp3) is 0.500. The van der Waals surface area contributed by atoms with E-state index in [4.69, 9.17) is 9.84 Å². The number of carbonyl (C=O) groups excluding carboxylic acids is 1. The Morgan fingerprint density at radius 3 is 2.56 bits per heavy atom. The predicted octanol–water partition coefficient (Wildman–Crippen LogP) is 4.30. The van der Waals surface area contributed by atoms with Gasteiger partial charge in [0, 0.05) is 25.2 Å². The smallest absolute Gasteiger partial charge is 0.410 e. The molecule has 0 atom stereocenters. The molecule has 0 spiro atoms. The van der Waals surface area contributed by atoms with E-state index in [1.165, 1.54) is 5.56 Å². The third-order valence-corrected chi connectivity index (χ3v) is 4.44. The second kappa shape index (κ2) is 6.90. The number of amides is 1. The van der Waals surface area contributed by atoms with Gasteiger partial charge in [0.15, 0.2) is 0 Å². The number of benzene rings is 1. The Labute approximate surface area is 149 Å². The zero-order chi connectivity index (χ0) is 18.0. The van der Waals surface area contributed by atoms with Crippen molar-refractivity contribution in [2.45, 2.75) is 52.1 Å². The van der Waals surface area contributed by atoms with Crippen LogP contribution in [0.2, 0.25) is 0 Å². The zero-order valence-corrected chi connectivity index (χ0v) is 15.5. The summed E-state index contributed by atoms with van der Waals surface area (Å²) in [5.74, 6) is 0.393. The molecule has 1 saturated heterocycles. The Hall–Kier alpha value is -2.30. The predicted molar refractivity (Wildman–Crippen MR) is 98.1 cm³/mol. The zero-order valence-electron chi connectivity index (χ0n) is 15.5. The van der Waals surface area contributed by atoms with E-state index in [0.29, 0.717) is 5.92 Å². The van der Waals surface area contributed by atoms with E-state index in [1.807, 2.05) is 37.7 Å². The van der Waals surface area contributed by atoms with Crippen molar-refractivity contribution in [3.63, 3.8) is 0 Å². The van der Waals surface area contributed by atoms with Gasteiger partial charge in [0.05, 0.1) is 11.4 Å². The first kappa shape index (κ1) is 17.5. The van der Waals surface area contributed by atoms with Crippen LogP contribution in [0, 0.1) is 6.92 Å².